The third-order valence-corrected chi connectivity index (χ3v) is 5.20. The molecule has 0 saturated carbocycles. The summed E-state index contributed by atoms with van der Waals surface area (Å²) in [4.78, 5) is 36.4. The van der Waals surface area contributed by atoms with Gasteiger partial charge in [0.15, 0.2) is 6.61 Å². The van der Waals surface area contributed by atoms with Gasteiger partial charge in [0.05, 0.1) is 21.3 Å². The molecule has 28 heavy (non-hydrogen) atoms. The van der Waals surface area contributed by atoms with Crippen LogP contribution in [0.1, 0.15) is 28.4 Å². The van der Waals surface area contributed by atoms with Crippen LogP contribution in [0, 0.1) is 13.8 Å². The van der Waals surface area contributed by atoms with Crippen molar-refractivity contribution in [2.45, 2.75) is 25.7 Å². The number of anilines is 1. The van der Waals surface area contributed by atoms with E-state index in [0.717, 1.165) is 11.1 Å². The Bertz CT molecular complexity index is 927. The van der Waals surface area contributed by atoms with Crippen molar-refractivity contribution >= 4 is 34.4 Å². The second-order valence-electron chi connectivity index (χ2n) is 6.03. The first kappa shape index (κ1) is 21.3. The summed E-state index contributed by atoms with van der Waals surface area (Å²) in [6.45, 7) is 4.87. The van der Waals surface area contributed by atoms with Gasteiger partial charge in [0, 0.05) is 11.4 Å². The first-order valence-corrected chi connectivity index (χ1v) is 9.96. The van der Waals surface area contributed by atoms with Crippen LogP contribution in [-0.2, 0) is 20.3 Å². The van der Waals surface area contributed by atoms with Crippen LogP contribution in [0.4, 0.5) is 10.5 Å². The quantitative estimate of drug-likeness (QED) is 0.724. The van der Waals surface area contributed by atoms with Crippen LogP contribution in [0.2, 0.25) is 0 Å². The summed E-state index contributed by atoms with van der Waals surface area (Å²) in [5.74, 6) is -1.20. The molecule has 2 aromatic rings. The fourth-order valence-electron chi connectivity index (χ4n) is 2.47. The molecular formula is C20H22N2O5S. The van der Waals surface area contributed by atoms with Crippen LogP contribution in [0.25, 0.3) is 0 Å². The lowest BCUT2D eigenvalue weighted by atomic mass is 10.1. The van der Waals surface area contributed by atoms with E-state index in [0.29, 0.717) is 16.3 Å². The van der Waals surface area contributed by atoms with Gasteiger partial charge in [-0.3, -0.25) is 14.3 Å². The summed E-state index contributed by atoms with van der Waals surface area (Å²) in [7, 11) is -1.34. The number of hydrogen-bond donors (Lipinski definition) is 2. The number of carbonyl (C=O) groups excluding carboxylic acids is 3. The highest BCUT2D eigenvalue weighted by Crippen LogP contribution is 2.16. The number of esters is 1. The number of benzene rings is 2. The highest BCUT2D eigenvalue weighted by atomic mass is 32.2. The number of aryl methyl sites for hydroxylation is 2. The van der Waals surface area contributed by atoms with Gasteiger partial charge in [-0.05, 0) is 37.6 Å². The molecule has 0 spiro atoms. The molecule has 0 unspecified atom stereocenters. The molecule has 0 saturated heterocycles. The summed E-state index contributed by atoms with van der Waals surface area (Å²) in [6, 6.07) is 11.1. The Labute approximate surface area is 165 Å². The van der Waals surface area contributed by atoms with E-state index in [9.17, 15) is 18.6 Å². The lowest BCUT2D eigenvalue weighted by molar-refractivity contribution is -0.123. The molecule has 0 aliphatic carbocycles. The zero-order chi connectivity index (χ0) is 20.7. The van der Waals surface area contributed by atoms with Gasteiger partial charge in [0.25, 0.3) is 5.91 Å². The average molecular weight is 402 g/mol. The lowest BCUT2D eigenvalue weighted by Gasteiger charge is -2.11. The van der Waals surface area contributed by atoms with Crippen molar-refractivity contribution in [1.82, 2.24) is 5.32 Å². The van der Waals surface area contributed by atoms with Gasteiger partial charge in [0.2, 0.25) is 0 Å². The van der Waals surface area contributed by atoms with Gasteiger partial charge in [-0.2, -0.15) is 0 Å². The topological polar surface area (TPSA) is 102 Å². The normalized spacial score (nSPS) is 11.4. The molecule has 0 aromatic heterocycles. The van der Waals surface area contributed by atoms with Crippen LogP contribution in [-0.4, -0.2) is 34.5 Å². The predicted molar refractivity (Wildman–Crippen MR) is 107 cm³/mol. The molecule has 0 fully saturated rings. The predicted octanol–water partition coefficient (Wildman–Crippen LogP) is 2.94. The summed E-state index contributed by atoms with van der Waals surface area (Å²) in [6.07, 6.45) is 0. The summed E-state index contributed by atoms with van der Waals surface area (Å²) in [5, 5.41) is 4.67. The molecule has 0 aliphatic rings. The maximum Gasteiger partial charge on any atom is 0.339 e. The van der Waals surface area contributed by atoms with Crippen LogP contribution in [0.15, 0.2) is 47.4 Å². The zero-order valence-corrected chi connectivity index (χ0v) is 16.7. The number of imide groups is 1. The minimum absolute atomic E-state index is 0.134. The second-order valence-corrected chi connectivity index (χ2v) is 7.74. The molecule has 2 N–H and O–H groups in total. The maximum atomic E-state index is 12.2. The van der Waals surface area contributed by atoms with Crippen LogP contribution >= 0.6 is 0 Å². The Morgan fingerprint density at radius 1 is 1.07 bits per heavy atom. The lowest BCUT2D eigenvalue weighted by Crippen LogP contribution is -2.37. The van der Waals surface area contributed by atoms with Crippen molar-refractivity contribution in [2.75, 3.05) is 17.7 Å². The van der Waals surface area contributed by atoms with E-state index in [2.05, 4.69) is 10.6 Å². The number of nitrogens with one attached hydrogen (secondary N) is 2. The summed E-state index contributed by atoms with van der Waals surface area (Å²) in [5.41, 5.74) is 2.62. The first-order chi connectivity index (χ1) is 13.3. The number of urea groups is 1. The highest BCUT2D eigenvalue weighted by molar-refractivity contribution is 7.85. The van der Waals surface area contributed by atoms with Crippen molar-refractivity contribution in [3.8, 4) is 0 Å². The number of carbonyl (C=O) groups is 3. The zero-order valence-electron chi connectivity index (χ0n) is 15.9. The molecule has 1 atom stereocenters. The van der Waals surface area contributed by atoms with Crippen molar-refractivity contribution in [3.63, 3.8) is 0 Å². The number of amides is 3. The smallest absolute Gasteiger partial charge is 0.339 e. The molecule has 0 bridgehead atoms. The van der Waals surface area contributed by atoms with Gasteiger partial charge in [-0.25, -0.2) is 9.59 Å². The van der Waals surface area contributed by atoms with E-state index in [1.54, 1.807) is 31.2 Å². The standard InChI is InChI=1S/C20H22N2O5S/c1-4-28(26)17-8-6-5-7-15(17)19(24)27-12-18(23)22-20(25)21-16-10-9-13(2)11-14(16)3/h5-11H,4,12H2,1-3H3,(H2,21,22,23,25)/t28-/m0/s1. The van der Waals surface area contributed by atoms with Gasteiger partial charge in [-0.15, -0.1) is 0 Å². The van der Waals surface area contributed by atoms with Crippen molar-refractivity contribution in [1.29, 1.82) is 0 Å². The van der Waals surface area contributed by atoms with Gasteiger partial charge in [0.1, 0.15) is 0 Å². The van der Waals surface area contributed by atoms with Crippen molar-refractivity contribution in [3.05, 3.63) is 59.2 Å². The Morgan fingerprint density at radius 2 is 1.79 bits per heavy atom. The van der Waals surface area contributed by atoms with E-state index in [4.69, 9.17) is 4.74 Å². The van der Waals surface area contributed by atoms with E-state index in [-0.39, 0.29) is 5.56 Å². The molecule has 0 aliphatic heterocycles. The minimum Gasteiger partial charge on any atom is -0.452 e. The number of hydrogen-bond acceptors (Lipinski definition) is 5. The molecule has 2 aromatic carbocycles. The van der Waals surface area contributed by atoms with Gasteiger partial charge < -0.3 is 10.1 Å². The fraction of sp³-hybridized carbons (Fsp3) is 0.250. The Kier molecular flexibility index (Phi) is 7.45. The molecule has 148 valence electrons. The highest BCUT2D eigenvalue weighted by Gasteiger charge is 2.18. The molecule has 8 heteroatoms. The Balaban J connectivity index is 1.91. The first-order valence-electron chi connectivity index (χ1n) is 8.64. The fourth-order valence-corrected chi connectivity index (χ4v) is 3.41. The van der Waals surface area contributed by atoms with Gasteiger partial charge >= 0.3 is 12.0 Å². The summed E-state index contributed by atoms with van der Waals surface area (Å²) >= 11 is 0. The van der Waals surface area contributed by atoms with E-state index in [1.165, 1.54) is 6.07 Å². The monoisotopic (exact) mass is 402 g/mol. The average Bonchev–Trinajstić information content (AvgIpc) is 2.67. The van der Waals surface area contributed by atoms with E-state index >= 15 is 0 Å². The SMILES string of the molecule is CC[S@](=O)c1ccccc1C(=O)OCC(=O)NC(=O)Nc1ccc(C)cc1C. The largest absolute Gasteiger partial charge is 0.452 e. The minimum atomic E-state index is -1.34. The molecule has 2 rings (SSSR count). The molecule has 7 nitrogen and oxygen atoms in total. The number of rotatable bonds is 6. The van der Waals surface area contributed by atoms with Crippen molar-refractivity contribution in [2.24, 2.45) is 0 Å². The molecular weight excluding hydrogens is 380 g/mol. The summed E-state index contributed by atoms with van der Waals surface area (Å²) < 4.78 is 17.0. The Morgan fingerprint density at radius 3 is 2.46 bits per heavy atom. The molecule has 0 heterocycles. The number of ether oxygens (including phenoxy) is 1. The Hall–Kier alpha value is -3.00. The van der Waals surface area contributed by atoms with Crippen molar-refractivity contribution < 1.29 is 23.3 Å². The van der Waals surface area contributed by atoms with E-state index < -0.39 is 35.3 Å². The second kappa shape index (κ2) is 9.80. The molecule has 0 radical (unpaired) electrons. The third kappa shape index (κ3) is 5.75. The van der Waals surface area contributed by atoms with Crippen LogP contribution in [0.3, 0.4) is 0 Å². The maximum absolute atomic E-state index is 12.2. The van der Waals surface area contributed by atoms with Crippen LogP contribution in [0.5, 0.6) is 0 Å². The van der Waals surface area contributed by atoms with Crippen LogP contribution < -0.4 is 10.6 Å². The van der Waals surface area contributed by atoms with E-state index in [1.807, 2.05) is 26.0 Å². The molecule has 3 amide bonds. The van der Waals surface area contributed by atoms with Gasteiger partial charge in [-0.1, -0.05) is 36.8 Å². The third-order valence-electron chi connectivity index (χ3n) is 3.83.